The molecule has 0 amide bonds. The molecule has 14 heavy (non-hydrogen) atoms. The Bertz CT molecular complexity index is 493. The number of hydrogen-bond acceptors (Lipinski definition) is 2. The van der Waals surface area contributed by atoms with Gasteiger partial charge in [0.1, 0.15) is 0 Å². The van der Waals surface area contributed by atoms with Crippen molar-refractivity contribution in [1.82, 2.24) is 9.97 Å². The second-order valence-corrected chi connectivity index (χ2v) is 3.66. The molecule has 0 aliphatic rings. The van der Waals surface area contributed by atoms with Crippen molar-refractivity contribution < 1.29 is 0 Å². The van der Waals surface area contributed by atoms with E-state index in [2.05, 4.69) is 25.9 Å². The van der Waals surface area contributed by atoms with Crippen LogP contribution in [0.2, 0.25) is 0 Å². The van der Waals surface area contributed by atoms with Crippen molar-refractivity contribution >= 4 is 15.9 Å². The molecule has 0 saturated heterocycles. The van der Waals surface area contributed by atoms with E-state index >= 15 is 0 Å². The molecule has 0 atom stereocenters. The van der Waals surface area contributed by atoms with Gasteiger partial charge in [-0.25, -0.2) is 0 Å². The Morgan fingerprint density at radius 1 is 1.21 bits per heavy atom. The SMILES string of the molecule is O=c1[nH]cc(-c2ccncc2)cc1Br. The van der Waals surface area contributed by atoms with E-state index < -0.39 is 0 Å². The van der Waals surface area contributed by atoms with E-state index in [1.165, 1.54) is 0 Å². The molecule has 0 radical (unpaired) electrons. The fourth-order valence-electron chi connectivity index (χ4n) is 1.17. The summed E-state index contributed by atoms with van der Waals surface area (Å²) in [5, 5.41) is 0. The summed E-state index contributed by atoms with van der Waals surface area (Å²) in [7, 11) is 0. The largest absolute Gasteiger partial charge is 0.328 e. The second kappa shape index (κ2) is 3.75. The molecule has 2 aromatic rings. The van der Waals surface area contributed by atoms with Gasteiger partial charge in [-0.2, -0.15) is 0 Å². The van der Waals surface area contributed by atoms with Gasteiger partial charge in [0.25, 0.3) is 5.56 Å². The molecule has 0 bridgehead atoms. The number of pyridine rings is 2. The highest BCUT2D eigenvalue weighted by Crippen LogP contribution is 2.18. The van der Waals surface area contributed by atoms with Crippen LogP contribution in [0.3, 0.4) is 0 Å². The van der Waals surface area contributed by atoms with Crippen LogP contribution in [0.4, 0.5) is 0 Å². The lowest BCUT2D eigenvalue weighted by Gasteiger charge is -2.00. The van der Waals surface area contributed by atoms with Gasteiger partial charge in [-0.15, -0.1) is 0 Å². The van der Waals surface area contributed by atoms with Crippen molar-refractivity contribution in [3.63, 3.8) is 0 Å². The molecule has 0 aliphatic carbocycles. The molecule has 0 aliphatic heterocycles. The molecule has 0 unspecified atom stereocenters. The zero-order valence-corrected chi connectivity index (χ0v) is 8.78. The first-order chi connectivity index (χ1) is 6.77. The van der Waals surface area contributed by atoms with Gasteiger partial charge in [0.15, 0.2) is 0 Å². The predicted octanol–water partition coefficient (Wildman–Crippen LogP) is 2.20. The summed E-state index contributed by atoms with van der Waals surface area (Å²) in [6.45, 7) is 0. The van der Waals surface area contributed by atoms with Gasteiger partial charge in [-0.05, 0) is 45.3 Å². The van der Waals surface area contributed by atoms with E-state index in [1.54, 1.807) is 24.7 Å². The Kier molecular flexibility index (Phi) is 2.45. The van der Waals surface area contributed by atoms with E-state index in [9.17, 15) is 4.79 Å². The number of aromatic nitrogens is 2. The lowest BCUT2D eigenvalue weighted by Crippen LogP contribution is -2.04. The van der Waals surface area contributed by atoms with Gasteiger partial charge >= 0.3 is 0 Å². The van der Waals surface area contributed by atoms with Crippen LogP contribution in [0.1, 0.15) is 0 Å². The summed E-state index contributed by atoms with van der Waals surface area (Å²) in [5.74, 6) is 0. The Hall–Kier alpha value is -1.42. The molecule has 70 valence electrons. The van der Waals surface area contributed by atoms with Gasteiger partial charge in [0.05, 0.1) is 4.47 Å². The maximum absolute atomic E-state index is 11.1. The normalized spacial score (nSPS) is 10.1. The van der Waals surface area contributed by atoms with E-state index in [-0.39, 0.29) is 5.56 Å². The summed E-state index contributed by atoms with van der Waals surface area (Å²) >= 11 is 3.18. The summed E-state index contributed by atoms with van der Waals surface area (Å²) in [6, 6.07) is 5.56. The zero-order chi connectivity index (χ0) is 9.97. The third-order valence-corrected chi connectivity index (χ3v) is 2.46. The smallest absolute Gasteiger partial charge is 0.262 e. The number of rotatable bonds is 1. The van der Waals surface area contributed by atoms with Crippen LogP contribution in [0, 0.1) is 0 Å². The van der Waals surface area contributed by atoms with Crippen molar-refractivity contribution in [2.24, 2.45) is 0 Å². The van der Waals surface area contributed by atoms with Crippen LogP contribution in [0.5, 0.6) is 0 Å². The van der Waals surface area contributed by atoms with Gasteiger partial charge in [0, 0.05) is 18.6 Å². The van der Waals surface area contributed by atoms with Crippen molar-refractivity contribution in [3.8, 4) is 11.1 Å². The molecule has 0 aromatic carbocycles. The molecule has 0 spiro atoms. The second-order valence-electron chi connectivity index (χ2n) is 2.80. The van der Waals surface area contributed by atoms with Crippen LogP contribution in [-0.4, -0.2) is 9.97 Å². The first-order valence-corrected chi connectivity index (χ1v) is 4.85. The molecule has 2 heterocycles. The summed E-state index contributed by atoms with van der Waals surface area (Å²) in [6.07, 6.45) is 5.12. The molecule has 4 heteroatoms. The predicted molar refractivity (Wildman–Crippen MR) is 58.0 cm³/mol. The Labute approximate surface area is 89.0 Å². The average molecular weight is 251 g/mol. The lowest BCUT2D eigenvalue weighted by atomic mass is 10.1. The zero-order valence-electron chi connectivity index (χ0n) is 7.20. The highest BCUT2D eigenvalue weighted by molar-refractivity contribution is 9.10. The van der Waals surface area contributed by atoms with Gasteiger partial charge in [-0.1, -0.05) is 0 Å². The van der Waals surface area contributed by atoms with E-state index in [0.29, 0.717) is 4.47 Å². The van der Waals surface area contributed by atoms with Crippen LogP contribution < -0.4 is 5.56 Å². The molecule has 2 rings (SSSR count). The van der Waals surface area contributed by atoms with Crippen LogP contribution in [0.15, 0.2) is 46.1 Å². The molecule has 0 fully saturated rings. The molecular formula is C10H7BrN2O. The topological polar surface area (TPSA) is 45.8 Å². The summed E-state index contributed by atoms with van der Waals surface area (Å²) in [5.41, 5.74) is 1.86. The maximum atomic E-state index is 11.1. The molecular weight excluding hydrogens is 244 g/mol. The van der Waals surface area contributed by atoms with Gasteiger partial charge in [-0.3, -0.25) is 9.78 Å². The number of aromatic amines is 1. The van der Waals surface area contributed by atoms with Crippen LogP contribution >= 0.6 is 15.9 Å². The maximum Gasteiger partial charge on any atom is 0.262 e. The Balaban J connectivity index is 2.54. The minimum Gasteiger partial charge on any atom is -0.328 e. The van der Waals surface area contributed by atoms with Crippen molar-refractivity contribution in [2.75, 3.05) is 0 Å². The van der Waals surface area contributed by atoms with E-state index in [1.807, 2.05) is 12.1 Å². The third-order valence-electron chi connectivity index (χ3n) is 1.87. The minimum absolute atomic E-state index is 0.122. The average Bonchev–Trinajstić information content (AvgIpc) is 2.23. The van der Waals surface area contributed by atoms with Crippen LogP contribution in [0.25, 0.3) is 11.1 Å². The highest BCUT2D eigenvalue weighted by Gasteiger charge is 1.99. The lowest BCUT2D eigenvalue weighted by molar-refractivity contribution is 1.22. The quantitative estimate of drug-likeness (QED) is 0.844. The Morgan fingerprint density at radius 3 is 2.57 bits per heavy atom. The summed E-state index contributed by atoms with van der Waals surface area (Å²) < 4.78 is 0.534. The van der Waals surface area contributed by atoms with Crippen molar-refractivity contribution in [2.45, 2.75) is 0 Å². The number of nitrogens with one attached hydrogen (secondary N) is 1. The molecule has 3 nitrogen and oxygen atoms in total. The minimum atomic E-state index is -0.122. The van der Waals surface area contributed by atoms with Crippen LogP contribution in [-0.2, 0) is 0 Å². The number of H-pyrrole nitrogens is 1. The first kappa shape index (κ1) is 9.15. The first-order valence-electron chi connectivity index (χ1n) is 4.06. The van der Waals surface area contributed by atoms with E-state index in [0.717, 1.165) is 11.1 Å². The summed E-state index contributed by atoms with van der Waals surface area (Å²) in [4.78, 5) is 17.7. The molecule has 0 saturated carbocycles. The van der Waals surface area contributed by atoms with Gasteiger partial charge in [0.2, 0.25) is 0 Å². The third kappa shape index (κ3) is 1.75. The van der Waals surface area contributed by atoms with Crippen molar-refractivity contribution in [3.05, 3.63) is 51.6 Å². The molecule has 1 N–H and O–H groups in total. The number of nitrogens with zero attached hydrogens (tertiary/aromatic N) is 1. The van der Waals surface area contributed by atoms with E-state index in [4.69, 9.17) is 0 Å². The fraction of sp³-hybridized carbons (Fsp3) is 0. The number of halogens is 1. The molecule has 2 aromatic heterocycles. The van der Waals surface area contributed by atoms with Gasteiger partial charge < -0.3 is 4.98 Å². The number of hydrogen-bond donors (Lipinski definition) is 1. The fourth-order valence-corrected chi connectivity index (χ4v) is 1.53. The standard InChI is InChI=1S/C10H7BrN2O/c11-9-5-8(6-13-10(9)14)7-1-3-12-4-2-7/h1-6H,(H,13,14). The Morgan fingerprint density at radius 2 is 1.93 bits per heavy atom. The van der Waals surface area contributed by atoms with Crippen molar-refractivity contribution in [1.29, 1.82) is 0 Å². The highest BCUT2D eigenvalue weighted by atomic mass is 79.9. The monoisotopic (exact) mass is 250 g/mol.